The van der Waals surface area contributed by atoms with Crippen LogP contribution in [0.1, 0.15) is 34.1 Å². The van der Waals surface area contributed by atoms with Crippen molar-refractivity contribution >= 4 is 22.8 Å². The van der Waals surface area contributed by atoms with Crippen LogP contribution in [-0.4, -0.2) is 57.3 Å². The first kappa shape index (κ1) is 17.3. The predicted molar refractivity (Wildman–Crippen MR) is 104 cm³/mol. The van der Waals surface area contributed by atoms with Gasteiger partial charge in [0.15, 0.2) is 0 Å². The lowest BCUT2D eigenvalue weighted by Crippen LogP contribution is -2.56. The van der Waals surface area contributed by atoms with Crippen LogP contribution < -0.4 is 0 Å². The van der Waals surface area contributed by atoms with Gasteiger partial charge in [0.2, 0.25) is 0 Å². The van der Waals surface area contributed by atoms with Crippen LogP contribution >= 0.6 is 0 Å². The molecule has 1 aliphatic rings. The summed E-state index contributed by atoms with van der Waals surface area (Å²) in [6.45, 7) is 3.67. The van der Waals surface area contributed by atoms with Gasteiger partial charge in [-0.3, -0.25) is 9.59 Å². The highest BCUT2D eigenvalue weighted by molar-refractivity contribution is 6.06. The van der Waals surface area contributed by atoms with Gasteiger partial charge in [0.1, 0.15) is 5.65 Å². The number of hydrogen-bond acceptors (Lipinski definition) is 3. The summed E-state index contributed by atoms with van der Waals surface area (Å²) in [6.07, 6.45) is 4.23. The van der Waals surface area contributed by atoms with Crippen LogP contribution in [0.3, 0.4) is 0 Å². The Labute approximate surface area is 157 Å². The Balaban J connectivity index is 1.54. The number of nitrogens with one attached hydrogen (secondary N) is 1. The minimum absolute atomic E-state index is 0.000494. The van der Waals surface area contributed by atoms with Crippen LogP contribution in [0.4, 0.5) is 0 Å². The zero-order valence-electron chi connectivity index (χ0n) is 15.3. The van der Waals surface area contributed by atoms with Crippen LogP contribution in [0.15, 0.2) is 54.9 Å². The molecule has 1 N–H and O–H groups in total. The van der Waals surface area contributed by atoms with Gasteiger partial charge in [-0.05, 0) is 30.7 Å². The molecule has 6 nitrogen and oxygen atoms in total. The number of H-pyrrole nitrogens is 1. The standard InChI is InChI=1S/C21H22N4O2/c1-2-16-14-24(20(26)15-7-4-3-5-8-15)11-12-25(16)21(27)18-13-23-19-17(18)9-6-10-22-19/h3-10,13,16H,2,11-12,14H2,1H3,(H,22,23). The average Bonchev–Trinajstić information content (AvgIpc) is 3.17. The molecule has 1 saturated heterocycles. The first-order chi connectivity index (χ1) is 13.2. The molecule has 3 heterocycles. The SMILES string of the molecule is CCC1CN(C(=O)c2ccccc2)CCN1C(=O)c1c[nH]c2ncccc12. The zero-order valence-corrected chi connectivity index (χ0v) is 15.3. The maximum atomic E-state index is 13.2. The maximum Gasteiger partial charge on any atom is 0.256 e. The molecule has 0 aliphatic carbocycles. The minimum atomic E-state index is -0.00656. The largest absolute Gasteiger partial charge is 0.345 e. The van der Waals surface area contributed by atoms with E-state index in [4.69, 9.17) is 0 Å². The van der Waals surface area contributed by atoms with E-state index in [0.717, 1.165) is 11.8 Å². The van der Waals surface area contributed by atoms with E-state index >= 15 is 0 Å². The van der Waals surface area contributed by atoms with Crippen molar-refractivity contribution < 1.29 is 9.59 Å². The molecule has 2 aromatic heterocycles. The molecule has 3 aromatic rings. The summed E-state index contributed by atoms with van der Waals surface area (Å²) in [7, 11) is 0. The van der Waals surface area contributed by atoms with Gasteiger partial charge in [-0.1, -0.05) is 25.1 Å². The van der Waals surface area contributed by atoms with Crippen LogP contribution in [0.25, 0.3) is 11.0 Å². The highest BCUT2D eigenvalue weighted by atomic mass is 16.2. The number of rotatable bonds is 3. The number of piperazine rings is 1. The second kappa shape index (κ2) is 7.23. The zero-order chi connectivity index (χ0) is 18.8. The van der Waals surface area contributed by atoms with Crippen LogP contribution in [-0.2, 0) is 0 Å². The minimum Gasteiger partial charge on any atom is -0.345 e. The molecule has 1 aromatic carbocycles. The number of nitrogens with zero attached hydrogens (tertiary/aromatic N) is 3. The molecule has 0 spiro atoms. The van der Waals surface area contributed by atoms with Crippen molar-refractivity contribution in [2.24, 2.45) is 0 Å². The summed E-state index contributed by atoms with van der Waals surface area (Å²) in [6, 6.07) is 13.0. The lowest BCUT2D eigenvalue weighted by atomic mass is 10.1. The van der Waals surface area contributed by atoms with E-state index in [1.54, 1.807) is 12.4 Å². The molecule has 1 fully saturated rings. The molecule has 4 rings (SSSR count). The Morgan fingerprint density at radius 1 is 1.11 bits per heavy atom. The van der Waals surface area contributed by atoms with Gasteiger partial charge in [-0.2, -0.15) is 0 Å². The number of aromatic nitrogens is 2. The third-order valence-electron chi connectivity index (χ3n) is 5.20. The summed E-state index contributed by atoms with van der Waals surface area (Å²) in [5, 5.41) is 0.833. The van der Waals surface area contributed by atoms with Gasteiger partial charge in [0.25, 0.3) is 11.8 Å². The first-order valence-corrected chi connectivity index (χ1v) is 9.26. The van der Waals surface area contributed by atoms with E-state index in [1.807, 2.05) is 52.3 Å². The lowest BCUT2D eigenvalue weighted by molar-refractivity contribution is 0.0381. The smallest absolute Gasteiger partial charge is 0.256 e. The summed E-state index contributed by atoms with van der Waals surface area (Å²) in [5.74, 6) is 0.0188. The highest BCUT2D eigenvalue weighted by Gasteiger charge is 2.33. The second-order valence-corrected chi connectivity index (χ2v) is 6.78. The number of carbonyl (C=O) groups excluding carboxylic acids is 2. The van der Waals surface area contributed by atoms with Crippen molar-refractivity contribution in [3.8, 4) is 0 Å². The van der Waals surface area contributed by atoms with Crippen molar-refractivity contribution in [2.75, 3.05) is 19.6 Å². The van der Waals surface area contributed by atoms with Gasteiger partial charge in [0, 0.05) is 49.0 Å². The summed E-state index contributed by atoms with van der Waals surface area (Å²) in [5.41, 5.74) is 2.04. The third kappa shape index (κ3) is 3.18. The van der Waals surface area contributed by atoms with Crippen LogP contribution in [0, 0.1) is 0 Å². The Morgan fingerprint density at radius 3 is 2.70 bits per heavy atom. The molecule has 1 unspecified atom stereocenters. The van der Waals surface area contributed by atoms with Crippen molar-refractivity contribution in [1.82, 2.24) is 19.8 Å². The van der Waals surface area contributed by atoms with Gasteiger partial charge in [0.05, 0.1) is 5.56 Å². The number of fused-ring (bicyclic) bond motifs is 1. The van der Waals surface area contributed by atoms with Crippen molar-refractivity contribution in [2.45, 2.75) is 19.4 Å². The van der Waals surface area contributed by atoms with Crippen molar-refractivity contribution in [1.29, 1.82) is 0 Å². The monoisotopic (exact) mass is 362 g/mol. The molecule has 1 aliphatic heterocycles. The van der Waals surface area contributed by atoms with E-state index in [2.05, 4.69) is 16.9 Å². The molecule has 2 amide bonds. The Morgan fingerprint density at radius 2 is 1.93 bits per heavy atom. The first-order valence-electron chi connectivity index (χ1n) is 9.26. The Kier molecular flexibility index (Phi) is 4.62. The quantitative estimate of drug-likeness (QED) is 0.779. The molecular formula is C21H22N4O2. The van der Waals surface area contributed by atoms with Crippen LogP contribution in [0.5, 0.6) is 0 Å². The van der Waals surface area contributed by atoms with E-state index in [-0.39, 0.29) is 17.9 Å². The number of amides is 2. The normalized spacial score (nSPS) is 17.3. The predicted octanol–water partition coefficient (Wildman–Crippen LogP) is 2.94. The topological polar surface area (TPSA) is 69.3 Å². The maximum absolute atomic E-state index is 13.2. The fourth-order valence-corrected chi connectivity index (χ4v) is 3.71. The highest BCUT2D eigenvalue weighted by Crippen LogP contribution is 2.22. The van der Waals surface area contributed by atoms with E-state index < -0.39 is 0 Å². The van der Waals surface area contributed by atoms with Crippen molar-refractivity contribution in [3.05, 3.63) is 66.0 Å². The molecule has 27 heavy (non-hydrogen) atoms. The average molecular weight is 362 g/mol. The van der Waals surface area contributed by atoms with Crippen LogP contribution in [0.2, 0.25) is 0 Å². The lowest BCUT2D eigenvalue weighted by Gasteiger charge is -2.41. The molecule has 1 atom stereocenters. The van der Waals surface area contributed by atoms with E-state index in [0.29, 0.717) is 36.4 Å². The molecule has 6 heteroatoms. The molecular weight excluding hydrogens is 340 g/mol. The second-order valence-electron chi connectivity index (χ2n) is 6.78. The Hall–Kier alpha value is -3.15. The van der Waals surface area contributed by atoms with Gasteiger partial charge >= 0.3 is 0 Å². The fraction of sp³-hybridized carbons (Fsp3) is 0.286. The summed E-state index contributed by atoms with van der Waals surface area (Å²) >= 11 is 0. The van der Waals surface area contributed by atoms with Gasteiger partial charge in [-0.15, -0.1) is 0 Å². The molecule has 138 valence electrons. The fourth-order valence-electron chi connectivity index (χ4n) is 3.71. The molecule has 0 bridgehead atoms. The summed E-state index contributed by atoms with van der Waals surface area (Å²) < 4.78 is 0. The molecule has 0 radical (unpaired) electrons. The van der Waals surface area contributed by atoms with E-state index in [1.165, 1.54) is 0 Å². The summed E-state index contributed by atoms with van der Waals surface area (Å²) in [4.78, 5) is 37.0. The van der Waals surface area contributed by atoms with Crippen molar-refractivity contribution in [3.63, 3.8) is 0 Å². The molecule has 0 saturated carbocycles. The van der Waals surface area contributed by atoms with E-state index in [9.17, 15) is 9.59 Å². The number of aromatic amines is 1. The number of benzene rings is 1. The Bertz CT molecular complexity index is 966. The van der Waals surface area contributed by atoms with Gasteiger partial charge < -0.3 is 14.8 Å². The third-order valence-corrected chi connectivity index (χ3v) is 5.20. The number of pyridine rings is 1. The number of carbonyl (C=O) groups is 2. The number of hydrogen-bond donors (Lipinski definition) is 1. The van der Waals surface area contributed by atoms with Gasteiger partial charge in [-0.25, -0.2) is 4.98 Å².